The van der Waals surface area contributed by atoms with Crippen LogP contribution in [0.3, 0.4) is 0 Å². The molecular formula is C6H9ClO. The van der Waals surface area contributed by atoms with Crippen molar-refractivity contribution in [3.05, 3.63) is 0 Å². The third-order valence-electron chi connectivity index (χ3n) is 0.693. The van der Waals surface area contributed by atoms with Gasteiger partial charge in [-0.25, -0.2) is 0 Å². The van der Waals surface area contributed by atoms with Crippen molar-refractivity contribution in [1.82, 2.24) is 0 Å². The molecule has 0 amide bonds. The zero-order chi connectivity index (χ0) is 6.41. The Morgan fingerprint density at radius 1 is 1.75 bits per heavy atom. The Morgan fingerprint density at radius 2 is 2.38 bits per heavy atom. The van der Waals surface area contributed by atoms with E-state index in [0.29, 0.717) is 6.42 Å². The fourth-order valence-corrected chi connectivity index (χ4v) is 0.384. The van der Waals surface area contributed by atoms with Gasteiger partial charge in [-0.2, -0.15) is 0 Å². The number of hydrogen-bond donors (Lipinski definition) is 1. The first-order chi connectivity index (χ1) is 3.81. The lowest BCUT2D eigenvalue weighted by Crippen LogP contribution is -2.05. The van der Waals surface area contributed by atoms with Crippen molar-refractivity contribution in [2.45, 2.75) is 19.4 Å². The van der Waals surface area contributed by atoms with Gasteiger partial charge in [0.2, 0.25) is 0 Å². The van der Waals surface area contributed by atoms with Crippen LogP contribution in [-0.4, -0.2) is 17.1 Å². The van der Waals surface area contributed by atoms with Crippen LogP contribution in [0.2, 0.25) is 0 Å². The summed E-state index contributed by atoms with van der Waals surface area (Å²) >= 11 is 5.27. The summed E-state index contributed by atoms with van der Waals surface area (Å²) in [5.74, 6) is 5.65. The summed E-state index contributed by atoms with van der Waals surface area (Å²) in [7, 11) is 0. The molecule has 0 aliphatic carbocycles. The third kappa shape index (κ3) is 3.98. The van der Waals surface area contributed by atoms with Gasteiger partial charge in [0.25, 0.3) is 0 Å². The second kappa shape index (κ2) is 4.96. The maximum atomic E-state index is 8.75. The van der Waals surface area contributed by atoms with Gasteiger partial charge in [0, 0.05) is 12.3 Å². The highest BCUT2D eigenvalue weighted by Crippen LogP contribution is 1.90. The quantitative estimate of drug-likeness (QED) is 0.439. The standard InChI is InChI=1S/C6H9ClO/c1-2-3-4-6(8)5-7/h6,8H,4-5H2,1H3. The monoisotopic (exact) mass is 132 g/mol. The first-order valence-electron chi connectivity index (χ1n) is 2.45. The average molecular weight is 133 g/mol. The van der Waals surface area contributed by atoms with Crippen LogP contribution in [0.15, 0.2) is 0 Å². The van der Waals surface area contributed by atoms with E-state index in [2.05, 4.69) is 11.8 Å². The first-order valence-corrected chi connectivity index (χ1v) is 2.98. The summed E-state index contributed by atoms with van der Waals surface area (Å²) in [5.41, 5.74) is 0. The van der Waals surface area contributed by atoms with Crippen molar-refractivity contribution in [1.29, 1.82) is 0 Å². The number of rotatable bonds is 2. The molecule has 1 nitrogen and oxygen atoms in total. The molecule has 0 aromatic carbocycles. The van der Waals surface area contributed by atoms with Gasteiger partial charge in [0.15, 0.2) is 0 Å². The highest BCUT2D eigenvalue weighted by Gasteiger charge is 1.95. The average Bonchev–Trinajstić information content (AvgIpc) is 1.83. The Labute approximate surface area is 54.7 Å². The fourth-order valence-electron chi connectivity index (χ4n) is 0.274. The summed E-state index contributed by atoms with van der Waals surface area (Å²) in [6.07, 6.45) is 0.0316. The van der Waals surface area contributed by atoms with Crippen LogP contribution in [0.4, 0.5) is 0 Å². The normalized spacial score (nSPS) is 11.9. The molecule has 0 fully saturated rings. The summed E-state index contributed by atoms with van der Waals surface area (Å²) in [5, 5.41) is 8.75. The number of hydrogen-bond acceptors (Lipinski definition) is 1. The largest absolute Gasteiger partial charge is 0.391 e. The van der Waals surface area contributed by atoms with Crippen LogP contribution in [0.25, 0.3) is 0 Å². The van der Waals surface area contributed by atoms with Gasteiger partial charge in [-0.3, -0.25) is 0 Å². The molecule has 0 rings (SSSR count). The molecule has 0 saturated carbocycles. The van der Waals surface area contributed by atoms with E-state index in [9.17, 15) is 0 Å². The van der Waals surface area contributed by atoms with E-state index in [4.69, 9.17) is 16.7 Å². The summed E-state index contributed by atoms with van der Waals surface area (Å²) < 4.78 is 0. The SMILES string of the molecule is CC#CCC(O)CCl. The predicted octanol–water partition coefficient (Wildman–Crippen LogP) is 0.999. The van der Waals surface area contributed by atoms with E-state index in [1.807, 2.05) is 0 Å². The highest BCUT2D eigenvalue weighted by molar-refractivity contribution is 6.18. The van der Waals surface area contributed by atoms with Gasteiger partial charge in [-0.05, 0) is 6.92 Å². The van der Waals surface area contributed by atoms with Gasteiger partial charge in [0.05, 0.1) is 6.10 Å². The molecule has 0 aromatic heterocycles. The minimum Gasteiger partial charge on any atom is -0.391 e. The van der Waals surface area contributed by atoms with Crippen molar-refractivity contribution in [3.63, 3.8) is 0 Å². The predicted molar refractivity (Wildman–Crippen MR) is 34.8 cm³/mol. The van der Waals surface area contributed by atoms with Crippen molar-refractivity contribution < 1.29 is 5.11 Å². The lowest BCUT2D eigenvalue weighted by molar-refractivity contribution is 0.204. The molecule has 0 saturated heterocycles. The molecule has 0 aromatic rings. The fraction of sp³-hybridized carbons (Fsp3) is 0.667. The van der Waals surface area contributed by atoms with E-state index in [0.717, 1.165) is 0 Å². The lowest BCUT2D eigenvalue weighted by Gasteiger charge is -1.96. The number of alkyl halides is 1. The Morgan fingerprint density at radius 3 is 2.75 bits per heavy atom. The number of halogens is 1. The van der Waals surface area contributed by atoms with Crippen LogP contribution < -0.4 is 0 Å². The number of aliphatic hydroxyl groups excluding tert-OH is 1. The van der Waals surface area contributed by atoms with Crippen LogP contribution in [0, 0.1) is 11.8 Å². The van der Waals surface area contributed by atoms with Crippen LogP contribution in [-0.2, 0) is 0 Å². The minimum absolute atomic E-state index is 0.272. The Kier molecular flexibility index (Phi) is 4.84. The summed E-state index contributed by atoms with van der Waals surface area (Å²) in [6.45, 7) is 1.74. The molecule has 46 valence electrons. The van der Waals surface area contributed by atoms with Crippen molar-refractivity contribution in [2.24, 2.45) is 0 Å². The Hall–Kier alpha value is -0.190. The van der Waals surface area contributed by atoms with Crippen LogP contribution in [0.1, 0.15) is 13.3 Å². The van der Waals surface area contributed by atoms with E-state index < -0.39 is 6.10 Å². The molecule has 0 spiro atoms. The van der Waals surface area contributed by atoms with Gasteiger partial charge >= 0.3 is 0 Å². The molecule has 0 aliphatic heterocycles. The summed E-state index contributed by atoms with van der Waals surface area (Å²) in [4.78, 5) is 0. The molecule has 0 bridgehead atoms. The Bertz CT molecular complexity index is 101. The first kappa shape index (κ1) is 7.81. The molecule has 0 heterocycles. The maximum Gasteiger partial charge on any atom is 0.0784 e. The highest BCUT2D eigenvalue weighted by atomic mass is 35.5. The van der Waals surface area contributed by atoms with Gasteiger partial charge in [0.1, 0.15) is 0 Å². The van der Waals surface area contributed by atoms with Gasteiger partial charge in [-0.1, -0.05) is 0 Å². The topological polar surface area (TPSA) is 20.2 Å². The van der Waals surface area contributed by atoms with E-state index >= 15 is 0 Å². The molecule has 2 heteroatoms. The van der Waals surface area contributed by atoms with E-state index in [1.54, 1.807) is 6.92 Å². The zero-order valence-electron chi connectivity index (χ0n) is 4.82. The maximum absolute atomic E-state index is 8.75. The van der Waals surface area contributed by atoms with E-state index in [1.165, 1.54) is 0 Å². The van der Waals surface area contributed by atoms with Crippen molar-refractivity contribution in [3.8, 4) is 11.8 Å². The van der Waals surface area contributed by atoms with Crippen LogP contribution in [0.5, 0.6) is 0 Å². The Balaban J connectivity index is 3.19. The molecule has 0 aliphatic rings. The van der Waals surface area contributed by atoms with Crippen molar-refractivity contribution in [2.75, 3.05) is 5.88 Å². The molecular weight excluding hydrogens is 124 g/mol. The van der Waals surface area contributed by atoms with Gasteiger partial charge in [-0.15, -0.1) is 23.4 Å². The molecule has 8 heavy (non-hydrogen) atoms. The lowest BCUT2D eigenvalue weighted by atomic mass is 10.3. The number of aliphatic hydroxyl groups is 1. The minimum atomic E-state index is -0.455. The molecule has 1 atom stereocenters. The second-order valence-corrected chi connectivity index (χ2v) is 1.75. The van der Waals surface area contributed by atoms with Gasteiger partial charge < -0.3 is 5.11 Å². The second-order valence-electron chi connectivity index (χ2n) is 1.44. The van der Waals surface area contributed by atoms with E-state index in [-0.39, 0.29) is 5.88 Å². The third-order valence-corrected chi connectivity index (χ3v) is 1.05. The van der Waals surface area contributed by atoms with Crippen LogP contribution >= 0.6 is 11.6 Å². The smallest absolute Gasteiger partial charge is 0.0784 e. The van der Waals surface area contributed by atoms with Crippen molar-refractivity contribution >= 4 is 11.6 Å². The molecule has 0 radical (unpaired) electrons. The molecule has 1 N–H and O–H groups in total. The zero-order valence-corrected chi connectivity index (χ0v) is 5.57. The molecule has 1 unspecified atom stereocenters. The summed E-state index contributed by atoms with van der Waals surface area (Å²) in [6, 6.07) is 0.